The number of fused-ring (bicyclic) bond motifs is 2. The second-order valence-corrected chi connectivity index (χ2v) is 16.0. The number of thiazole rings is 1. The zero-order chi connectivity index (χ0) is 32.2. The fourth-order valence-electron chi connectivity index (χ4n) is 5.13. The minimum absolute atomic E-state index is 0. The van der Waals surface area contributed by atoms with Gasteiger partial charge in [0.15, 0.2) is 6.54 Å². The van der Waals surface area contributed by atoms with Crippen molar-refractivity contribution in [2.45, 2.75) is 38.1 Å². The minimum atomic E-state index is -4.31. The maximum absolute atomic E-state index is 11.3. The summed E-state index contributed by atoms with van der Waals surface area (Å²) in [5.41, 5.74) is 6.07. The molecule has 0 radical (unpaired) electrons. The Morgan fingerprint density at radius 1 is 0.891 bits per heavy atom. The van der Waals surface area contributed by atoms with Crippen molar-refractivity contribution < 1.29 is 81.9 Å². The van der Waals surface area contributed by atoms with Gasteiger partial charge in [0, 0.05) is 41.5 Å². The van der Waals surface area contributed by atoms with Gasteiger partial charge < -0.3 is 14.0 Å². The van der Waals surface area contributed by atoms with Crippen LogP contribution in [0.5, 0.6) is 0 Å². The molecule has 8 nitrogen and oxygen atoms in total. The number of benzene rings is 3. The zero-order valence-electron chi connectivity index (χ0n) is 25.9. The van der Waals surface area contributed by atoms with Gasteiger partial charge in [0.25, 0.3) is 5.01 Å². The molecule has 1 aromatic heterocycles. The number of thioether (sulfide) groups is 1. The van der Waals surface area contributed by atoms with Crippen molar-refractivity contribution in [2.75, 3.05) is 23.0 Å². The van der Waals surface area contributed by atoms with Gasteiger partial charge in [0.1, 0.15) is 4.70 Å². The number of aromatic nitrogens is 1. The smallest absolute Gasteiger partial charge is 0.748 e. The third-order valence-corrected chi connectivity index (χ3v) is 11.1. The summed E-state index contributed by atoms with van der Waals surface area (Å²) in [5, 5.41) is 1.85. The summed E-state index contributed by atoms with van der Waals surface area (Å²) in [7, 11) is -8.63. The van der Waals surface area contributed by atoms with Crippen molar-refractivity contribution in [1.82, 2.24) is 0 Å². The number of nitrogens with zero attached hydrogens (tertiary/aromatic N) is 2. The number of anilines is 1. The maximum atomic E-state index is 11.3. The average Bonchev–Trinajstić information content (AvgIpc) is 3.49. The average molecular weight is 721 g/mol. The molecule has 0 N–H and O–H groups in total. The van der Waals surface area contributed by atoms with Gasteiger partial charge in [-0.3, -0.25) is 0 Å². The largest absolute Gasteiger partial charge is 1.00 e. The molecule has 1 aliphatic heterocycles. The van der Waals surface area contributed by atoms with Crippen LogP contribution in [0.2, 0.25) is 0 Å². The standard InChI is InChI=1S/C33H34N2O6S4.K/c1-24-10-14-30-28(22-24)34(18-6-20-44(36,37)38)32(42-30)16-12-27(26-8-4-3-5-9-26)13-17-33-35(19-7-21-45(39,40)41)29-23-25(2)11-15-31(29)43-33;/h3-5,8-17,22-23H,6-7,18-21H2,1-2H3,(H-,36,37,38,39,40,41);/q;+1/p-1. The van der Waals surface area contributed by atoms with Crippen molar-refractivity contribution >= 4 is 70.9 Å². The Hall–Kier alpha value is -1.62. The molecule has 0 spiro atoms. The molecule has 0 atom stereocenters. The van der Waals surface area contributed by atoms with E-state index in [2.05, 4.69) is 33.7 Å². The fraction of sp³-hybridized carbons (Fsp3) is 0.242. The maximum Gasteiger partial charge on any atom is 1.00 e. The molecule has 1 aliphatic rings. The summed E-state index contributed by atoms with van der Waals surface area (Å²) >= 11 is 3.19. The summed E-state index contributed by atoms with van der Waals surface area (Å²) in [6, 6.07) is 22.2. The van der Waals surface area contributed by atoms with Crippen molar-refractivity contribution in [2.24, 2.45) is 0 Å². The molecule has 0 amide bonds. The Balaban J connectivity index is 0.00000480. The van der Waals surface area contributed by atoms with E-state index in [0.29, 0.717) is 13.1 Å². The number of hydrogen-bond donors (Lipinski definition) is 0. The van der Waals surface area contributed by atoms with E-state index < -0.39 is 31.7 Å². The quantitative estimate of drug-likeness (QED) is 0.0948. The van der Waals surface area contributed by atoms with Crippen molar-refractivity contribution in [1.29, 1.82) is 0 Å². The first kappa shape index (κ1) is 37.2. The summed E-state index contributed by atoms with van der Waals surface area (Å²) in [6.45, 7) is 4.79. The minimum Gasteiger partial charge on any atom is -0.748 e. The van der Waals surface area contributed by atoms with Crippen LogP contribution in [0.4, 0.5) is 5.69 Å². The van der Waals surface area contributed by atoms with Crippen LogP contribution in [0, 0.1) is 13.8 Å². The van der Waals surface area contributed by atoms with Gasteiger partial charge in [0.2, 0.25) is 5.52 Å². The van der Waals surface area contributed by atoms with E-state index in [1.54, 1.807) is 23.1 Å². The molecule has 0 unspecified atom stereocenters. The molecule has 0 saturated carbocycles. The second-order valence-electron chi connectivity index (χ2n) is 10.8. The molecule has 3 aromatic carbocycles. The molecule has 236 valence electrons. The van der Waals surface area contributed by atoms with Crippen LogP contribution in [-0.4, -0.2) is 44.0 Å². The molecular formula is C33H33KN2O6S4. The molecule has 0 aliphatic carbocycles. The first-order chi connectivity index (χ1) is 21.4. The molecule has 2 heterocycles. The topological polar surface area (TPSA) is 122 Å². The van der Waals surface area contributed by atoms with Crippen LogP contribution in [0.3, 0.4) is 0 Å². The van der Waals surface area contributed by atoms with Gasteiger partial charge in [-0.25, -0.2) is 16.8 Å². The number of hydrogen-bond acceptors (Lipinski definition) is 9. The molecule has 0 bridgehead atoms. The van der Waals surface area contributed by atoms with Crippen LogP contribution in [0.25, 0.3) is 21.9 Å². The van der Waals surface area contributed by atoms with E-state index in [1.807, 2.05) is 80.6 Å². The van der Waals surface area contributed by atoms with Crippen LogP contribution < -0.4 is 60.9 Å². The predicted octanol–water partition coefficient (Wildman–Crippen LogP) is 3.23. The molecule has 0 fully saturated rings. The number of allylic oxidation sites excluding steroid dienone is 4. The first-order valence-corrected chi connectivity index (χ1v) is 19.2. The van der Waals surface area contributed by atoms with Gasteiger partial charge in [-0.1, -0.05) is 71.6 Å². The Morgan fingerprint density at radius 2 is 1.57 bits per heavy atom. The Kier molecular flexibility index (Phi) is 13.1. The van der Waals surface area contributed by atoms with E-state index >= 15 is 0 Å². The molecule has 4 aromatic rings. The van der Waals surface area contributed by atoms with Crippen LogP contribution in [0.1, 0.15) is 34.5 Å². The first-order valence-electron chi connectivity index (χ1n) is 14.4. The number of rotatable bonds is 12. The fourth-order valence-corrected chi connectivity index (χ4v) is 8.24. The van der Waals surface area contributed by atoms with E-state index in [9.17, 15) is 25.9 Å². The van der Waals surface area contributed by atoms with Gasteiger partial charge in [0.05, 0.1) is 31.0 Å². The van der Waals surface area contributed by atoms with E-state index in [0.717, 1.165) is 53.1 Å². The molecular weight excluding hydrogens is 688 g/mol. The van der Waals surface area contributed by atoms with Gasteiger partial charge in [-0.15, -0.1) is 0 Å². The third kappa shape index (κ3) is 10.2. The van der Waals surface area contributed by atoms with Gasteiger partial charge >= 0.3 is 51.4 Å². The monoisotopic (exact) mass is 720 g/mol. The molecule has 13 heteroatoms. The molecule has 0 saturated heterocycles. The Labute approximate surface area is 321 Å². The summed E-state index contributed by atoms with van der Waals surface area (Å²) in [5.74, 6) is -0.849. The van der Waals surface area contributed by atoms with Crippen LogP contribution >= 0.6 is 23.1 Å². The predicted molar refractivity (Wildman–Crippen MR) is 181 cm³/mol. The van der Waals surface area contributed by atoms with E-state index in [4.69, 9.17) is 0 Å². The zero-order valence-corrected chi connectivity index (χ0v) is 32.3. The second kappa shape index (κ2) is 16.2. The van der Waals surface area contributed by atoms with E-state index in [-0.39, 0.29) is 64.2 Å². The SMILES string of the molecule is Cc1ccc2c(c1)N(CCCS(=O)(=O)[O-])C(=CC=C(C=Cc1sc3ccc(C)cc3[n+]1CCCS(=O)(=O)[O-])c1ccccc1)S2.[K+]. The van der Waals surface area contributed by atoms with Gasteiger partial charge in [-0.2, -0.15) is 4.57 Å². The summed E-state index contributed by atoms with van der Waals surface area (Å²) in [4.78, 5) is 3.12. The summed E-state index contributed by atoms with van der Waals surface area (Å²) in [6.07, 6.45) is 8.50. The third-order valence-electron chi connectivity index (χ3n) is 7.24. The van der Waals surface area contributed by atoms with Crippen molar-refractivity contribution in [3.63, 3.8) is 0 Å². The number of aryl methyl sites for hydroxylation is 3. The Bertz CT molecular complexity index is 2020. The van der Waals surface area contributed by atoms with Crippen molar-refractivity contribution in [3.8, 4) is 0 Å². The van der Waals surface area contributed by atoms with Crippen LogP contribution in [0.15, 0.2) is 94.9 Å². The molecule has 46 heavy (non-hydrogen) atoms. The molecule has 5 rings (SSSR count). The van der Waals surface area contributed by atoms with Gasteiger partial charge in [-0.05, 0) is 72.9 Å². The normalized spacial score (nSPS) is 14.7. The summed E-state index contributed by atoms with van der Waals surface area (Å²) < 4.78 is 70.9. The van der Waals surface area contributed by atoms with Crippen molar-refractivity contribution in [3.05, 3.63) is 112 Å². The van der Waals surface area contributed by atoms with E-state index in [1.165, 1.54) is 0 Å². The Morgan fingerprint density at radius 3 is 2.28 bits per heavy atom. The van der Waals surface area contributed by atoms with Crippen LogP contribution in [-0.2, 0) is 26.8 Å².